The topological polar surface area (TPSA) is 59.2 Å². The molecule has 1 amide bonds. The normalized spacial score (nSPS) is 13.8. The number of carbonyl (C=O) groups excluding carboxylic acids is 1. The lowest BCUT2D eigenvalue weighted by atomic mass is 10.0. The number of rotatable bonds is 5. The second kappa shape index (κ2) is 10.1. The van der Waals surface area contributed by atoms with Gasteiger partial charge in [0.05, 0.1) is 22.5 Å². The Morgan fingerprint density at radius 2 is 1.72 bits per heavy atom. The summed E-state index contributed by atoms with van der Waals surface area (Å²) in [6.07, 6.45) is 0. The molecule has 0 aliphatic heterocycles. The first kappa shape index (κ1) is 23.9. The van der Waals surface area contributed by atoms with Crippen molar-refractivity contribution in [3.8, 4) is 10.6 Å². The number of hydrogen-bond donors (Lipinski definition) is 1. The van der Waals surface area contributed by atoms with Crippen LogP contribution in [0.1, 0.15) is 37.4 Å². The first-order valence-corrected chi connectivity index (χ1v) is 8.69. The van der Waals surface area contributed by atoms with E-state index in [1.54, 1.807) is 16.2 Å². The van der Waals surface area contributed by atoms with Crippen LogP contribution >= 0.6 is 36.2 Å². The maximum absolute atomic E-state index is 12.5. The molecule has 2 N–H and O–H groups in total. The zero-order chi connectivity index (χ0) is 17.1. The Kier molecular flexibility index (Phi) is 9.66. The highest BCUT2D eigenvalue weighted by Gasteiger charge is 2.27. The minimum absolute atomic E-state index is 0. The SMILES string of the molecule is Cc1nc(-c2ccccc2)sc1C(C)N(C)C(=O)C(C)C(C)N.Cl.Cl. The average Bonchev–Trinajstić information content (AvgIpc) is 2.94. The first-order chi connectivity index (χ1) is 10.8. The summed E-state index contributed by atoms with van der Waals surface area (Å²) in [7, 11) is 1.84. The van der Waals surface area contributed by atoms with Crippen molar-refractivity contribution >= 4 is 42.1 Å². The van der Waals surface area contributed by atoms with Crippen LogP contribution < -0.4 is 5.73 Å². The molecule has 2 rings (SSSR count). The highest BCUT2D eigenvalue weighted by Crippen LogP contribution is 2.34. The van der Waals surface area contributed by atoms with Gasteiger partial charge in [-0.15, -0.1) is 36.2 Å². The number of halogens is 2. The van der Waals surface area contributed by atoms with Crippen LogP contribution in [0, 0.1) is 12.8 Å². The van der Waals surface area contributed by atoms with E-state index in [0.717, 1.165) is 21.1 Å². The molecule has 25 heavy (non-hydrogen) atoms. The summed E-state index contributed by atoms with van der Waals surface area (Å²) in [6.45, 7) is 7.79. The van der Waals surface area contributed by atoms with Gasteiger partial charge in [-0.05, 0) is 20.8 Å². The summed E-state index contributed by atoms with van der Waals surface area (Å²) < 4.78 is 0. The van der Waals surface area contributed by atoms with E-state index in [1.165, 1.54) is 0 Å². The van der Waals surface area contributed by atoms with E-state index in [4.69, 9.17) is 5.73 Å². The highest BCUT2D eigenvalue weighted by molar-refractivity contribution is 7.15. The van der Waals surface area contributed by atoms with Gasteiger partial charge in [-0.2, -0.15) is 0 Å². The largest absolute Gasteiger partial charge is 0.338 e. The Bertz CT molecular complexity index is 676. The van der Waals surface area contributed by atoms with Gasteiger partial charge in [-0.25, -0.2) is 4.98 Å². The van der Waals surface area contributed by atoms with Gasteiger partial charge in [-0.3, -0.25) is 4.79 Å². The molecule has 1 aromatic heterocycles. The van der Waals surface area contributed by atoms with Crippen LogP contribution in [0.5, 0.6) is 0 Å². The number of aryl methyl sites for hydroxylation is 1. The van der Waals surface area contributed by atoms with E-state index in [2.05, 4.69) is 17.1 Å². The van der Waals surface area contributed by atoms with Crippen molar-refractivity contribution in [1.29, 1.82) is 0 Å². The molecule has 0 aliphatic rings. The smallest absolute Gasteiger partial charge is 0.227 e. The molecule has 4 nitrogen and oxygen atoms in total. The lowest BCUT2D eigenvalue weighted by Crippen LogP contribution is -2.40. The van der Waals surface area contributed by atoms with Gasteiger partial charge in [0.15, 0.2) is 0 Å². The Morgan fingerprint density at radius 1 is 1.16 bits per heavy atom. The fourth-order valence-corrected chi connectivity index (χ4v) is 3.58. The summed E-state index contributed by atoms with van der Waals surface area (Å²) >= 11 is 1.65. The highest BCUT2D eigenvalue weighted by atomic mass is 35.5. The van der Waals surface area contributed by atoms with Crippen molar-refractivity contribution in [2.45, 2.75) is 39.8 Å². The van der Waals surface area contributed by atoms with Crippen LogP contribution in [0.3, 0.4) is 0 Å². The summed E-state index contributed by atoms with van der Waals surface area (Å²) in [5, 5.41) is 0.992. The van der Waals surface area contributed by atoms with Gasteiger partial charge >= 0.3 is 0 Å². The third-order valence-corrected chi connectivity index (χ3v) is 5.72. The lowest BCUT2D eigenvalue weighted by molar-refractivity contribution is -0.136. The zero-order valence-electron chi connectivity index (χ0n) is 15.2. The number of amides is 1. The van der Waals surface area contributed by atoms with E-state index in [-0.39, 0.29) is 48.7 Å². The van der Waals surface area contributed by atoms with Gasteiger partial charge < -0.3 is 10.6 Å². The van der Waals surface area contributed by atoms with Crippen molar-refractivity contribution < 1.29 is 4.79 Å². The van der Waals surface area contributed by atoms with E-state index in [0.29, 0.717) is 0 Å². The van der Waals surface area contributed by atoms with Crippen molar-refractivity contribution in [1.82, 2.24) is 9.88 Å². The number of nitrogens with two attached hydrogens (primary N) is 1. The number of benzene rings is 1. The molecule has 140 valence electrons. The Balaban J connectivity index is 0.00000288. The molecular formula is C18H27Cl2N3OS. The molecule has 3 atom stereocenters. The Hall–Kier alpha value is -1.14. The predicted molar refractivity (Wildman–Crippen MR) is 111 cm³/mol. The van der Waals surface area contributed by atoms with Gasteiger partial charge in [0, 0.05) is 18.7 Å². The van der Waals surface area contributed by atoms with Gasteiger partial charge in [-0.1, -0.05) is 37.3 Å². The molecule has 0 aliphatic carbocycles. The number of aromatic nitrogens is 1. The first-order valence-electron chi connectivity index (χ1n) is 7.88. The average molecular weight is 404 g/mol. The second-order valence-electron chi connectivity index (χ2n) is 6.11. The fourth-order valence-electron chi connectivity index (χ4n) is 2.41. The molecule has 0 saturated carbocycles. The molecule has 3 unspecified atom stereocenters. The third kappa shape index (κ3) is 5.42. The van der Waals surface area contributed by atoms with Crippen LogP contribution in [0.2, 0.25) is 0 Å². The fraction of sp³-hybridized carbons (Fsp3) is 0.444. The van der Waals surface area contributed by atoms with Gasteiger partial charge in [0.2, 0.25) is 5.91 Å². The molecule has 2 aromatic rings. The molecule has 0 fully saturated rings. The lowest BCUT2D eigenvalue weighted by Gasteiger charge is -2.28. The summed E-state index contributed by atoms with van der Waals surface area (Å²) in [6, 6.07) is 9.96. The molecule has 1 heterocycles. The molecule has 0 radical (unpaired) electrons. The minimum Gasteiger partial charge on any atom is -0.338 e. The second-order valence-corrected chi connectivity index (χ2v) is 7.14. The van der Waals surface area contributed by atoms with E-state index < -0.39 is 0 Å². The van der Waals surface area contributed by atoms with E-state index in [9.17, 15) is 4.79 Å². The number of nitrogens with zero attached hydrogens (tertiary/aromatic N) is 2. The van der Waals surface area contributed by atoms with Crippen molar-refractivity contribution in [3.63, 3.8) is 0 Å². The minimum atomic E-state index is -0.190. The molecule has 7 heteroatoms. The predicted octanol–water partition coefficient (Wildman–Crippen LogP) is 4.46. The maximum atomic E-state index is 12.5. The van der Waals surface area contributed by atoms with Crippen molar-refractivity contribution in [2.75, 3.05) is 7.05 Å². The van der Waals surface area contributed by atoms with Crippen LogP contribution in [0.4, 0.5) is 0 Å². The Labute approximate surface area is 166 Å². The molecule has 0 saturated heterocycles. The van der Waals surface area contributed by atoms with Crippen molar-refractivity contribution in [2.24, 2.45) is 11.7 Å². The van der Waals surface area contributed by atoms with Crippen LogP contribution in [-0.4, -0.2) is 28.9 Å². The van der Waals surface area contributed by atoms with Crippen LogP contribution in [0.25, 0.3) is 10.6 Å². The zero-order valence-corrected chi connectivity index (χ0v) is 17.7. The molecule has 1 aromatic carbocycles. The standard InChI is InChI=1S/C18H25N3OS.2ClH/c1-11(12(2)19)18(22)21(5)14(4)16-13(3)20-17(23-16)15-9-7-6-8-10-15;;/h6-12,14H,19H2,1-5H3;2*1H. The number of thiazole rings is 1. The Morgan fingerprint density at radius 3 is 2.24 bits per heavy atom. The van der Waals surface area contributed by atoms with E-state index in [1.807, 2.05) is 52.9 Å². The number of carbonyl (C=O) groups is 1. The van der Waals surface area contributed by atoms with Crippen molar-refractivity contribution in [3.05, 3.63) is 40.9 Å². The summed E-state index contributed by atoms with van der Waals surface area (Å²) in [5.74, 6) is -0.120. The number of hydrogen-bond acceptors (Lipinski definition) is 4. The third-order valence-electron chi connectivity index (χ3n) is 4.34. The van der Waals surface area contributed by atoms with Gasteiger partial charge in [0.25, 0.3) is 0 Å². The van der Waals surface area contributed by atoms with Crippen LogP contribution in [-0.2, 0) is 4.79 Å². The monoisotopic (exact) mass is 403 g/mol. The van der Waals surface area contributed by atoms with Gasteiger partial charge in [0.1, 0.15) is 5.01 Å². The quantitative estimate of drug-likeness (QED) is 0.800. The summed E-state index contributed by atoms with van der Waals surface area (Å²) in [5.41, 5.74) is 7.96. The molecule has 0 bridgehead atoms. The summed E-state index contributed by atoms with van der Waals surface area (Å²) in [4.78, 5) is 20.1. The molecule has 0 spiro atoms. The van der Waals surface area contributed by atoms with Crippen LogP contribution in [0.15, 0.2) is 30.3 Å². The molecular weight excluding hydrogens is 377 g/mol. The van der Waals surface area contributed by atoms with E-state index >= 15 is 0 Å². The maximum Gasteiger partial charge on any atom is 0.227 e.